The fourth-order valence-corrected chi connectivity index (χ4v) is 1.00. The number of rotatable bonds is 2. The summed E-state index contributed by atoms with van der Waals surface area (Å²) < 4.78 is 4.76. The van der Waals surface area contributed by atoms with E-state index < -0.39 is 12.2 Å². The lowest BCUT2D eigenvalue weighted by Gasteiger charge is -2.02. The number of hydrogen-bond acceptors (Lipinski definition) is 3. The third-order valence-electron chi connectivity index (χ3n) is 1.67. The summed E-state index contributed by atoms with van der Waals surface area (Å²) in [6.07, 6.45) is 0.401. The summed E-state index contributed by atoms with van der Waals surface area (Å²) in [7, 11) is 1.43. The number of carbonyl (C=O) groups excluding carboxylic acids is 2. The predicted molar refractivity (Wildman–Crippen MR) is 37.9 cm³/mol. The van der Waals surface area contributed by atoms with E-state index in [1.54, 1.807) is 0 Å². The van der Waals surface area contributed by atoms with Crippen molar-refractivity contribution in [2.75, 3.05) is 7.05 Å². The van der Waals surface area contributed by atoms with Crippen LogP contribution in [0.25, 0.3) is 0 Å². The van der Waals surface area contributed by atoms with Crippen LogP contribution in [0.1, 0.15) is 19.8 Å². The molecule has 0 aliphatic carbocycles. The van der Waals surface area contributed by atoms with E-state index in [-0.39, 0.29) is 5.91 Å². The Hall–Kier alpha value is -1.06. The Labute approximate surface area is 65.1 Å². The molecule has 0 saturated carbocycles. The van der Waals surface area contributed by atoms with E-state index in [0.717, 1.165) is 11.3 Å². The quantitative estimate of drug-likeness (QED) is 0.594. The van der Waals surface area contributed by atoms with Gasteiger partial charge in [-0.2, -0.15) is 0 Å². The first-order valence-electron chi connectivity index (χ1n) is 3.65. The van der Waals surface area contributed by atoms with Crippen LogP contribution in [-0.4, -0.2) is 30.1 Å². The molecule has 0 aromatic carbocycles. The molecule has 0 aromatic rings. The Morgan fingerprint density at radius 1 is 1.55 bits per heavy atom. The van der Waals surface area contributed by atoms with Crippen molar-refractivity contribution in [3.63, 3.8) is 0 Å². The lowest BCUT2D eigenvalue weighted by Crippen LogP contribution is -2.27. The van der Waals surface area contributed by atoms with Crippen LogP contribution in [0.2, 0.25) is 0 Å². The lowest BCUT2D eigenvalue weighted by molar-refractivity contribution is -0.129. The van der Waals surface area contributed by atoms with Gasteiger partial charge < -0.3 is 4.74 Å². The SMILES string of the molecule is CCCC1OC(=O)N(C)C1=O. The van der Waals surface area contributed by atoms with Crippen molar-refractivity contribution in [3.8, 4) is 0 Å². The molecule has 1 rings (SSSR count). The molecule has 1 fully saturated rings. The first kappa shape index (κ1) is 8.04. The van der Waals surface area contributed by atoms with Crippen molar-refractivity contribution in [2.45, 2.75) is 25.9 Å². The molecule has 1 heterocycles. The largest absolute Gasteiger partial charge is 0.436 e. The van der Waals surface area contributed by atoms with E-state index in [1.165, 1.54) is 7.05 Å². The highest BCUT2D eigenvalue weighted by Crippen LogP contribution is 2.14. The van der Waals surface area contributed by atoms with E-state index in [4.69, 9.17) is 4.74 Å². The number of cyclic esters (lactones) is 1. The molecule has 1 aliphatic rings. The van der Waals surface area contributed by atoms with Crippen molar-refractivity contribution >= 4 is 12.0 Å². The topological polar surface area (TPSA) is 46.6 Å². The minimum Gasteiger partial charge on any atom is -0.436 e. The number of amides is 2. The standard InChI is InChI=1S/C7H11NO3/c1-3-4-5-6(9)8(2)7(10)11-5/h5H,3-4H2,1-2H3. The van der Waals surface area contributed by atoms with E-state index in [1.807, 2.05) is 6.92 Å². The van der Waals surface area contributed by atoms with Crippen LogP contribution < -0.4 is 0 Å². The van der Waals surface area contributed by atoms with Gasteiger partial charge in [-0.1, -0.05) is 13.3 Å². The van der Waals surface area contributed by atoms with Gasteiger partial charge in [-0.25, -0.2) is 9.69 Å². The zero-order valence-corrected chi connectivity index (χ0v) is 6.66. The van der Waals surface area contributed by atoms with Gasteiger partial charge in [0.2, 0.25) is 0 Å². The molecule has 4 nitrogen and oxygen atoms in total. The van der Waals surface area contributed by atoms with Gasteiger partial charge in [-0.05, 0) is 6.42 Å². The summed E-state index contributed by atoms with van der Waals surface area (Å²) in [5.74, 6) is -0.225. The van der Waals surface area contributed by atoms with Gasteiger partial charge in [0.1, 0.15) is 0 Å². The second-order valence-corrected chi connectivity index (χ2v) is 2.56. The van der Waals surface area contributed by atoms with E-state index in [9.17, 15) is 9.59 Å². The fourth-order valence-electron chi connectivity index (χ4n) is 1.00. The summed E-state index contributed by atoms with van der Waals surface area (Å²) in [6.45, 7) is 1.94. The summed E-state index contributed by atoms with van der Waals surface area (Å²) in [5.41, 5.74) is 0. The third kappa shape index (κ3) is 1.34. The lowest BCUT2D eigenvalue weighted by atomic mass is 10.2. The third-order valence-corrected chi connectivity index (χ3v) is 1.67. The maximum atomic E-state index is 11.1. The van der Waals surface area contributed by atoms with Gasteiger partial charge in [-0.15, -0.1) is 0 Å². The number of likely N-dealkylation sites (N-methyl/N-ethyl adjacent to an activating group) is 1. The van der Waals surface area contributed by atoms with Crippen LogP contribution >= 0.6 is 0 Å². The maximum Gasteiger partial charge on any atom is 0.417 e. The van der Waals surface area contributed by atoms with Crippen LogP contribution in [0.15, 0.2) is 0 Å². The molecule has 4 heteroatoms. The molecule has 62 valence electrons. The van der Waals surface area contributed by atoms with Crippen molar-refractivity contribution in [1.29, 1.82) is 0 Å². The summed E-state index contributed by atoms with van der Waals surface area (Å²) in [5, 5.41) is 0. The molecule has 1 aliphatic heterocycles. The van der Waals surface area contributed by atoms with Crippen LogP contribution in [0.3, 0.4) is 0 Å². The van der Waals surface area contributed by atoms with Crippen LogP contribution in [0.5, 0.6) is 0 Å². The Kier molecular flexibility index (Phi) is 2.12. The van der Waals surface area contributed by atoms with E-state index in [2.05, 4.69) is 0 Å². The first-order valence-corrected chi connectivity index (χ1v) is 3.65. The Bertz CT molecular complexity index is 190. The average Bonchev–Trinajstić information content (AvgIpc) is 2.19. The molecule has 0 N–H and O–H groups in total. The summed E-state index contributed by atoms with van der Waals surface area (Å²) in [4.78, 5) is 22.9. The van der Waals surface area contributed by atoms with E-state index >= 15 is 0 Å². The second kappa shape index (κ2) is 2.90. The Morgan fingerprint density at radius 3 is 2.55 bits per heavy atom. The van der Waals surface area contributed by atoms with Crippen LogP contribution in [0.4, 0.5) is 4.79 Å². The zero-order valence-electron chi connectivity index (χ0n) is 6.66. The molecule has 0 radical (unpaired) electrons. The molecular formula is C7H11NO3. The predicted octanol–water partition coefficient (Wildman–Crippen LogP) is 0.764. The van der Waals surface area contributed by atoms with Crippen LogP contribution in [0, 0.1) is 0 Å². The maximum absolute atomic E-state index is 11.1. The van der Waals surface area contributed by atoms with Gasteiger partial charge in [0.15, 0.2) is 6.10 Å². The van der Waals surface area contributed by atoms with Crippen molar-refractivity contribution < 1.29 is 14.3 Å². The number of carbonyl (C=O) groups is 2. The molecule has 0 bridgehead atoms. The first-order chi connectivity index (χ1) is 5.16. The van der Waals surface area contributed by atoms with Crippen molar-refractivity contribution in [3.05, 3.63) is 0 Å². The minimum absolute atomic E-state index is 0.225. The smallest absolute Gasteiger partial charge is 0.417 e. The van der Waals surface area contributed by atoms with Crippen LogP contribution in [-0.2, 0) is 9.53 Å². The van der Waals surface area contributed by atoms with Gasteiger partial charge >= 0.3 is 6.09 Å². The molecule has 0 spiro atoms. The molecule has 0 aromatic heterocycles. The number of imide groups is 1. The number of ether oxygens (including phenoxy) is 1. The van der Waals surface area contributed by atoms with Crippen molar-refractivity contribution in [2.24, 2.45) is 0 Å². The highest BCUT2D eigenvalue weighted by molar-refractivity contribution is 5.99. The monoisotopic (exact) mass is 157 g/mol. The van der Waals surface area contributed by atoms with Gasteiger partial charge in [0.25, 0.3) is 5.91 Å². The number of nitrogens with zero attached hydrogens (tertiary/aromatic N) is 1. The molecule has 1 unspecified atom stereocenters. The number of hydrogen-bond donors (Lipinski definition) is 0. The highest BCUT2D eigenvalue weighted by Gasteiger charge is 2.36. The molecule has 1 saturated heterocycles. The zero-order chi connectivity index (χ0) is 8.43. The van der Waals surface area contributed by atoms with Crippen molar-refractivity contribution in [1.82, 2.24) is 4.90 Å². The van der Waals surface area contributed by atoms with Gasteiger partial charge in [0.05, 0.1) is 0 Å². The molecule has 11 heavy (non-hydrogen) atoms. The molecule has 1 atom stereocenters. The Balaban J connectivity index is 2.60. The van der Waals surface area contributed by atoms with Gasteiger partial charge in [0, 0.05) is 7.05 Å². The highest BCUT2D eigenvalue weighted by atomic mass is 16.6. The molecular weight excluding hydrogens is 146 g/mol. The normalized spacial score (nSPS) is 24.2. The minimum atomic E-state index is -0.534. The second-order valence-electron chi connectivity index (χ2n) is 2.56. The van der Waals surface area contributed by atoms with E-state index in [0.29, 0.717) is 6.42 Å². The molecule has 2 amide bonds. The van der Waals surface area contributed by atoms with Gasteiger partial charge in [-0.3, -0.25) is 4.79 Å². The summed E-state index contributed by atoms with van der Waals surface area (Å²) >= 11 is 0. The fraction of sp³-hybridized carbons (Fsp3) is 0.714. The summed E-state index contributed by atoms with van der Waals surface area (Å²) in [6, 6.07) is 0. The average molecular weight is 157 g/mol. The Morgan fingerprint density at radius 2 is 2.18 bits per heavy atom.